The largest absolute Gasteiger partial charge is 0.486 e. The highest BCUT2D eigenvalue weighted by Gasteiger charge is 2.31. The number of hydrogen-bond acceptors (Lipinski definition) is 6. The molecule has 7 nitrogen and oxygen atoms in total. The fourth-order valence-electron chi connectivity index (χ4n) is 3.20. The van der Waals surface area contributed by atoms with E-state index in [1.54, 1.807) is 18.7 Å². The highest BCUT2D eigenvalue weighted by Crippen LogP contribution is 2.24. The number of carbonyl (C=O) groups is 2. The van der Waals surface area contributed by atoms with Crippen molar-refractivity contribution in [3.05, 3.63) is 46.9 Å². The van der Waals surface area contributed by atoms with Gasteiger partial charge in [-0.1, -0.05) is 5.16 Å². The zero-order chi connectivity index (χ0) is 21.0. The third-order valence-corrected chi connectivity index (χ3v) is 4.86. The van der Waals surface area contributed by atoms with E-state index < -0.39 is 11.6 Å². The van der Waals surface area contributed by atoms with Gasteiger partial charge in [0, 0.05) is 19.2 Å². The number of amides is 1. The number of rotatable bonds is 6. The van der Waals surface area contributed by atoms with Crippen molar-refractivity contribution < 1.29 is 32.4 Å². The number of carbonyl (C=O) groups excluding carboxylic acids is 2. The van der Waals surface area contributed by atoms with E-state index in [1.165, 1.54) is 6.07 Å². The lowest BCUT2D eigenvalue weighted by molar-refractivity contribution is -0.149. The van der Waals surface area contributed by atoms with Gasteiger partial charge in [-0.05, 0) is 38.8 Å². The number of ether oxygens (including phenoxy) is 2. The Balaban J connectivity index is 1.66. The Kier molecular flexibility index (Phi) is 6.46. The molecule has 0 N–H and O–H groups in total. The van der Waals surface area contributed by atoms with Crippen LogP contribution >= 0.6 is 0 Å². The van der Waals surface area contributed by atoms with E-state index in [0.717, 1.165) is 12.1 Å². The van der Waals surface area contributed by atoms with Crippen LogP contribution in [0.2, 0.25) is 0 Å². The molecule has 9 heteroatoms. The number of likely N-dealkylation sites (tertiary alicyclic amines) is 1. The van der Waals surface area contributed by atoms with Crippen LogP contribution in [0.25, 0.3) is 0 Å². The van der Waals surface area contributed by atoms with Crippen LogP contribution in [0.1, 0.15) is 41.6 Å². The van der Waals surface area contributed by atoms with Crippen molar-refractivity contribution in [1.82, 2.24) is 10.1 Å². The molecule has 1 amide bonds. The molecule has 0 spiro atoms. The molecule has 29 heavy (non-hydrogen) atoms. The SMILES string of the molecule is CCOC(=O)C1CCN(C(=O)c2noc(C)c2COc2ccc(F)cc2F)CC1. The lowest BCUT2D eigenvalue weighted by Gasteiger charge is -2.30. The summed E-state index contributed by atoms with van der Waals surface area (Å²) in [6.07, 6.45) is 1.02. The standard InChI is InChI=1S/C20H22F2N2O5/c1-3-27-20(26)13-6-8-24(9-7-13)19(25)18-15(12(2)29-23-18)11-28-17-5-4-14(21)10-16(17)22/h4-5,10,13H,3,6-9,11H2,1-2H3. The molecule has 0 radical (unpaired) electrons. The number of aryl methyl sites for hydroxylation is 1. The Hall–Kier alpha value is -2.97. The maximum absolute atomic E-state index is 13.8. The molecule has 2 heterocycles. The number of nitrogens with zero attached hydrogens (tertiary/aromatic N) is 2. The summed E-state index contributed by atoms with van der Waals surface area (Å²) in [6.45, 7) is 4.33. The number of aromatic nitrogens is 1. The van der Waals surface area contributed by atoms with Gasteiger partial charge in [-0.3, -0.25) is 9.59 Å². The number of benzene rings is 1. The third-order valence-electron chi connectivity index (χ3n) is 4.86. The van der Waals surface area contributed by atoms with E-state index in [0.29, 0.717) is 43.9 Å². The molecule has 156 valence electrons. The highest BCUT2D eigenvalue weighted by molar-refractivity contribution is 5.94. The minimum absolute atomic E-state index is 0.0830. The molecule has 0 bridgehead atoms. The Morgan fingerprint density at radius 2 is 2.00 bits per heavy atom. The Bertz CT molecular complexity index is 891. The van der Waals surface area contributed by atoms with Crippen LogP contribution in [0.5, 0.6) is 5.75 Å². The minimum atomic E-state index is -0.840. The van der Waals surface area contributed by atoms with Crippen molar-refractivity contribution in [2.75, 3.05) is 19.7 Å². The molecule has 1 fully saturated rings. The van der Waals surface area contributed by atoms with Crippen LogP contribution in [0.3, 0.4) is 0 Å². The second-order valence-corrected chi connectivity index (χ2v) is 6.75. The quantitative estimate of drug-likeness (QED) is 0.683. The Morgan fingerprint density at radius 3 is 2.66 bits per heavy atom. The molecule has 2 aromatic rings. The third kappa shape index (κ3) is 4.72. The molecule has 0 aliphatic carbocycles. The molecule has 3 rings (SSSR count). The van der Waals surface area contributed by atoms with Crippen LogP contribution in [0.4, 0.5) is 8.78 Å². The van der Waals surface area contributed by atoms with Crippen molar-refractivity contribution in [2.45, 2.75) is 33.3 Å². The van der Waals surface area contributed by atoms with Crippen LogP contribution in [-0.4, -0.2) is 41.6 Å². The topological polar surface area (TPSA) is 81.9 Å². The minimum Gasteiger partial charge on any atom is -0.486 e. The Labute approximate surface area is 166 Å². The lowest BCUT2D eigenvalue weighted by atomic mass is 9.96. The van der Waals surface area contributed by atoms with Crippen molar-refractivity contribution in [3.63, 3.8) is 0 Å². The summed E-state index contributed by atoms with van der Waals surface area (Å²) >= 11 is 0. The highest BCUT2D eigenvalue weighted by atomic mass is 19.1. The van der Waals surface area contributed by atoms with Gasteiger partial charge in [0.1, 0.15) is 18.2 Å². The normalized spacial score (nSPS) is 14.7. The van der Waals surface area contributed by atoms with Crippen molar-refractivity contribution in [2.24, 2.45) is 5.92 Å². The van der Waals surface area contributed by atoms with E-state index >= 15 is 0 Å². The first kappa shape index (κ1) is 20.8. The second kappa shape index (κ2) is 9.02. The van der Waals surface area contributed by atoms with Gasteiger partial charge in [0.25, 0.3) is 5.91 Å². The van der Waals surface area contributed by atoms with Gasteiger partial charge >= 0.3 is 5.97 Å². The zero-order valence-corrected chi connectivity index (χ0v) is 16.2. The molecule has 1 aliphatic rings. The van der Waals surface area contributed by atoms with E-state index in [-0.39, 0.29) is 35.8 Å². The molecule has 1 saturated heterocycles. The zero-order valence-electron chi connectivity index (χ0n) is 16.2. The van der Waals surface area contributed by atoms with Crippen LogP contribution in [-0.2, 0) is 16.1 Å². The molecule has 1 aromatic carbocycles. The van der Waals surface area contributed by atoms with Crippen molar-refractivity contribution >= 4 is 11.9 Å². The molecule has 1 aromatic heterocycles. The second-order valence-electron chi connectivity index (χ2n) is 6.75. The predicted octanol–water partition coefficient (Wildman–Crippen LogP) is 3.26. The van der Waals surface area contributed by atoms with Gasteiger partial charge in [-0.15, -0.1) is 0 Å². The number of piperidine rings is 1. The first-order chi connectivity index (χ1) is 13.9. The fourth-order valence-corrected chi connectivity index (χ4v) is 3.20. The predicted molar refractivity (Wildman–Crippen MR) is 97.2 cm³/mol. The first-order valence-corrected chi connectivity index (χ1v) is 9.39. The Morgan fingerprint density at radius 1 is 1.28 bits per heavy atom. The van der Waals surface area contributed by atoms with Crippen LogP contribution < -0.4 is 4.74 Å². The van der Waals surface area contributed by atoms with Crippen LogP contribution in [0.15, 0.2) is 22.7 Å². The maximum atomic E-state index is 13.8. The lowest BCUT2D eigenvalue weighted by Crippen LogP contribution is -2.41. The summed E-state index contributed by atoms with van der Waals surface area (Å²) in [5.74, 6) is -2.12. The van der Waals surface area contributed by atoms with Crippen molar-refractivity contribution in [1.29, 1.82) is 0 Å². The molecule has 0 unspecified atom stereocenters. The first-order valence-electron chi connectivity index (χ1n) is 9.39. The van der Waals surface area contributed by atoms with Gasteiger partial charge in [-0.25, -0.2) is 8.78 Å². The summed E-state index contributed by atoms with van der Waals surface area (Å²) < 4.78 is 42.4. The average molecular weight is 408 g/mol. The maximum Gasteiger partial charge on any atom is 0.309 e. The molecule has 0 saturated carbocycles. The van der Waals surface area contributed by atoms with E-state index in [4.69, 9.17) is 14.0 Å². The van der Waals surface area contributed by atoms with Gasteiger partial charge in [0.2, 0.25) is 0 Å². The van der Waals surface area contributed by atoms with Crippen molar-refractivity contribution in [3.8, 4) is 5.75 Å². The summed E-state index contributed by atoms with van der Waals surface area (Å²) in [5, 5.41) is 3.83. The molecular formula is C20H22F2N2O5. The number of esters is 1. The van der Waals surface area contributed by atoms with Gasteiger partial charge in [-0.2, -0.15) is 0 Å². The summed E-state index contributed by atoms with van der Waals surface area (Å²) in [4.78, 5) is 26.3. The monoisotopic (exact) mass is 408 g/mol. The molecular weight excluding hydrogens is 386 g/mol. The van der Waals surface area contributed by atoms with Gasteiger partial charge in [0.15, 0.2) is 17.3 Å². The average Bonchev–Trinajstić information content (AvgIpc) is 3.07. The number of halogens is 2. The molecule has 0 atom stereocenters. The van der Waals surface area contributed by atoms with E-state index in [1.807, 2.05) is 0 Å². The van der Waals surface area contributed by atoms with E-state index in [9.17, 15) is 18.4 Å². The smallest absolute Gasteiger partial charge is 0.309 e. The van der Waals surface area contributed by atoms with E-state index in [2.05, 4.69) is 5.16 Å². The molecule has 1 aliphatic heterocycles. The van der Waals surface area contributed by atoms with Crippen LogP contribution in [0, 0.1) is 24.5 Å². The number of hydrogen-bond donors (Lipinski definition) is 0. The summed E-state index contributed by atoms with van der Waals surface area (Å²) in [6, 6.07) is 2.98. The van der Waals surface area contributed by atoms with Gasteiger partial charge < -0.3 is 18.9 Å². The fraction of sp³-hybridized carbons (Fsp3) is 0.450. The summed E-state index contributed by atoms with van der Waals surface area (Å²) in [5.41, 5.74) is 0.478. The van der Waals surface area contributed by atoms with Gasteiger partial charge in [0.05, 0.1) is 18.1 Å². The summed E-state index contributed by atoms with van der Waals surface area (Å²) in [7, 11) is 0.